The van der Waals surface area contributed by atoms with Gasteiger partial charge in [-0.25, -0.2) is 19.9 Å². The molecule has 10 rings (SSSR count). The lowest BCUT2D eigenvalue weighted by Crippen LogP contribution is -2.01. The van der Waals surface area contributed by atoms with E-state index in [4.69, 9.17) is 24.4 Å². The van der Waals surface area contributed by atoms with Crippen molar-refractivity contribution in [2.45, 2.75) is 0 Å². The third-order valence-corrected chi connectivity index (χ3v) is 9.47. The van der Waals surface area contributed by atoms with Gasteiger partial charge in [0.25, 0.3) is 0 Å². The Kier molecular flexibility index (Phi) is 7.03. The number of hydrogen-bond donors (Lipinski definition) is 0. The molecular formula is C46H29N5O. The number of aromatic nitrogens is 5. The zero-order valence-electron chi connectivity index (χ0n) is 27.9. The van der Waals surface area contributed by atoms with Crippen molar-refractivity contribution in [3.8, 4) is 62.4 Å². The normalized spacial score (nSPS) is 11.5. The largest absolute Gasteiger partial charge is 0.456 e. The van der Waals surface area contributed by atoms with Crippen LogP contribution in [0.15, 0.2) is 180 Å². The fraction of sp³-hybridized carbons (Fsp3) is 0. The monoisotopic (exact) mass is 667 g/mol. The Bertz CT molecular complexity index is 2900. The Morgan fingerprint density at radius 3 is 1.67 bits per heavy atom. The van der Waals surface area contributed by atoms with Gasteiger partial charge in [0, 0.05) is 38.7 Å². The molecule has 0 saturated carbocycles. The van der Waals surface area contributed by atoms with Gasteiger partial charge in [0.2, 0.25) is 0 Å². The lowest BCUT2D eigenvalue weighted by Gasteiger charge is -2.12. The molecule has 0 radical (unpaired) electrons. The van der Waals surface area contributed by atoms with Crippen LogP contribution < -0.4 is 0 Å². The van der Waals surface area contributed by atoms with E-state index in [1.54, 1.807) is 0 Å². The van der Waals surface area contributed by atoms with E-state index in [0.29, 0.717) is 17.5 Å². The molecule has 0 bridgehead atoms. The fourth-order valence-corrected chi connectivity index (χ4v) is 7.09. The minimum absolute atomic E-state index is 0.564. The maximum absolute atomic E-state index is 6.58. The summed E-state index contributed by atoms with van der Waals surface area (Å²) in [4.78, 5) is 20.6. The van der Waals surface area contributed by atoms with Gasteiger partial charge in [-0.1, -0.05) is 133 Å². The molecule has 0 N–H and O–H groups in total. The van der Waals surface area contributed by atoms with Gasteiger partial charge in [0.1, 0.15) is 17.0 Å². The van der Waals surface area contributed by atoms with E-state index in [9.17, 15) is 0 Å². The molecule has 0 fully saturated rings. The Balaban J connectivity index is 1.23. The van der Waals surface area contributed by atoms with Crippen LogP contribution >= 0.6 is 0 Å². The van der Waals surface area contributed by atoms with Crippen molar-refractivity contribution in [1.29, 1.82) is 0 Å². The molecule has 0 saturated heterocycles. The van der Waals surface area contributed by atoms with Gasteiger partial charge in [-0.3, -0.25) is 4.57 Å². The standard InChI is InChI=1S/C46H29N5O/c1-4-15-30(16-5-1)32-19-12-20-33(29-32)44-48-43(31-17-6-2-7-18-31)49-45(50-44)35-23-13-27-39-41(35)42-36(24-14-28-40(42)52-39)46-47-37-25-10-11-26-38(37)51(46)34-21-8-3-9-22-34/h1-29H. The number of benzene rings is 7. The molecule has 52 heavy (non-hydrogen) atoms. The van der Waals surface area contributed by atoms with Crippen LogP contribution in [0, 0.1) is 0 Å². The molecule has 0 aliphatic rings. The smallest absolute Gasteiger partial charge is 0.164 e. The van der Waals surface area contributed by atoms with Crippen molar-refractivity contribution >= 4 is 33.0 Å². The molecule has 0 unspecified atom stereocenters. The maximum atomic E-state index is 6.58. The van der Waals surface area contributed by atoms with E-state index < -0.39 is 0 Å². The van der Waals surface area contributed by atoms with Crippen LogP contribution in [0.2, 0.25) is 0 Å². The van der Waals surface area contributed by atoms with Crippen molar-refractivity contribution in [3.63, 3.8) is 0 Å². The van der Waals surface area contributed by atoms with Crippen molar-refractivity contribution in [3.05, 3.63) is 176 Å². The Labute approximate surface area is 299 Å². The van der Waals surface area contributed by atoms with E-state index in [-0.39, 0.29) is 0 Å². The van der Waals surface area contributed by atoms with Gasteiger partial charge in [-0.2, -0.15) is 0 Å². The Morgan fingerprint density at radius 1 is 0.385 bits per heavy atom. The van der Waals surface area contributed by atoms with Crippen LogP contribution in [0.3, 0.4) is 0 Å². The molecule has 244 valence electrons. The lowest BCUT2D eigenvalue weighted by molar-refractivity contribution is 0.669. The Morgan fingerprint density at radius 2 is 0.923 bits per heavy atom. The van der Waals surface area contributed by atoms with Crippen LogP contribution in [0.5, 0.6) is 0 Å². The van der Waals surface area contributed by atoms with Gasteiger partial charge >= 0.3 is 0 Å². The number of furan rings is 1. The fourth-order valence-electron chi connectivity index (χ4n) is 7.09. The van der Waals surface area contributed by atoms with E-state index in [2.05, 4.69) is 108 Å². The van der Waals surface area contributed by atoms with Crippen LogP contribution in [-0.4, -0.2) is 24.5 Å². The molecule has 0 amide bonds. The third kappa shape index (κ3) is 5.05. The summed E-state index contributed by atoms with van der Waals surface area (Å²) in [5.41, 5.74) is 10.3. The Hall–Kier alpha value is -7.18. The first-order chi connectivity index (χ1) is 25.8. The highest BCUT2D eigenvalue weighted by Gasteiger charge is 2.23. The van der Waals surface area contributed by atoms with Crippen LogP contribution in [-0.2, 0) is 0 Å². The molecule has 6 nitrogen and oxygen atoms in total. The lowest BCUT2D eigenvalue weighted by atomic mass is 10.0. The highest BCUT2D eigenvalue weighted by Crippen LogP contribution is 2.42. The first-order valence-corrected chi connectivity index (χ1v) is 17.2. The van der Waals surface area contributed by atoms with E-state index in [1.807, 2.05) is 72.8 Å². The maximum Gasteiger partial charge on any atom is 0.164 e. The first-order valence-electron chi connectivity index (χ1n) is 17.2. The number of rotatable bonds is 6. The highest BCUT2D eigenvalue weighted by molar-refractivity contribution is 6.17. The molecule has 3 aromatic heterocycles. The van der Waals surface area contributed by atoms with E-state index >= 15 is 0 Å². The molecule has 0 aliphatic heterocycles. The summed E-state index contributed by atoms with van der Waals surface area (Å²) in [5.74, 6) is 2.59. The third-order valence-electron chi connectivity index (χ3n) is 9.47. The van der Waals surface area contributed by atoms with E-state index in [1.165, 1.54) is 0 Å². The molecule has 6 heteroatoms. The summed E-state index contributed by atoms with van der Waals surface area (Å²) in [6, 6.07) is 59.6. The van der Waals surface area contributed by atoms with Crippen molar-refractivity contribution in [1.82, 2.24) is 24.5 Å². The number of imidazole rings is 1. The summed E-state index contributed by atoms with van der Waals surface area (Å²) in [6.45, 7) is 0. The summed E-state index contributed by atoms with van der Waals surface area (Å²) in [6.07, 6.45) is 0. The molecule has 0 atom stereocenters. The quantitative estimate of drug-likeness (QED) is 0.176. The van der Waals surface area contributed by atoms with Crippen molar-refractivity contribution < 1.29 is 4.42 Å². The van der Waals surface area contributed by atoms with Crippen LogP contribution in [0.1, 0.15) is 0 Å². The van der Waals surface area contributed by atoms with Gasteiger partial charge < -0.3 is 4.42 Å². The second-order valence-electron chi connectivity index (χ2n) is 12.7. The molecule has 10 aromatic rings. The second kappa shape index (κ2) is 12.3. The average Bonchev–Trinajstić information content (AvgIpc) is 3.81. The molecule has 3 heterocycles. The average molecular weight is 668 g/mol. The zero-order chi connectivity index (χ0) is 34.4. The zero-order valence-corrected chi connectivity index (χ0v) is 27.9. The predicted molar refractivity (Wildman–Crippen MR) is 209 cm³/mol. The minimum atomic E-state index is 0.564. The number of fused-ring (bicyclic) bond motifs is 4. The summed E-state index contributed by atoms with van der Waals surface area (Å²) >= 11 is 0. The molecule has 0 spiro atoms. The van der Waals surface area contributed by atoms with Crippen molar-refractivity contribution in [2.24, 2.45) is 0 Å². The van der Waals surface area contributed by atoms with Gasteiger partial charge in [-0.05, 0) is 53.6 Å². The number of nitrogens with zero attached hydrogens (tertiary/aromatic N) is 5. The first kappa shape index (κ1) is 29.7. The summed E-state index contributed by atoms with van der Waals surface area (Å²) < 4.78 is 8.80. The second-order valence-corrected chi connectivity index (χ2v) is 12.7. The van der Waals surface area contributed by atoms with Gasteiger partial charge in [-0.15, -0.1) is 0 Å². The predicted octanol–water partition coefficient (Wildman–Crippen LogP) is 11.4. The van der Waals surface area contributed by atoms with Gasteiger partial charge in [0.15, 0.2) is 17.5 Å². The number of hydrogen-bond acceptors (Lipinski definition) is 5. The van der Waals surface area contributed by atoms with E-state index in [0.717, 1.165) is 77.9 Å². The minimum Gasteiger partial charge on any atom is -0.456 e. The highest BCUT2D eigenvalue weighted by atomic mass is 16.3. The van der Waals surface area contributed by atoms with Crippen LogP contribution in [0.25, 0.3) is 95.3 Å². The topological polar surface area (TPSA) is 69.6 Å². The number of para-hydroxylation sites is 3. The van der Waals surface area contributed by atoms with Crippen molar-refractivity contribution in [2.75, 3.05) is 0 Å². The molecular weight excluding hydrogens is 639 g/mol. The summed E-state index contributed by atoms with van der Waals surface area (Å²) in [5, 5.41) is 1.88. The molecule has 0 aliphatic carbocycles. The summed E-state index contributed by atoms with van der Waals surface area (Å²) in [7, 11) is 0. The van der Waals surface area contributed by atoms with Gasteiger partial charge in [0.05, 0.1) is 11.0 Å². The molecule has 7 aromatic carbocycles. The SMILES string of the molecule is c1ccc(-c2cccc(-c3nc(-c4ccccc4)nc(-c4cccc5oc6cccc(-c7nc8ccccc8n7-c7ccccc7)c6c45)n3)c2)cc1. The van der Waals surface area contributed by atoms with Crippen LogP contribution in [0.4, 0.5) is 0 Å².